The molecule has 20 heavy (non-hydrogen) atoms. The van der Waals surface area contributed by atoms with E-state index in [2.05, 4.69) is 0 Å². The van der Waals surface area contributed by atoms with E-state index in [-0.39, 0.29) is 30.1 Å². The largest absolute Gasteiger partial charge is 0.386 e. The maximum Gasteiger partial charge on any atom is 0.228 e. The van der Waals surface area contributed by atoms with E-state index in [1.165, 1.54) is 0 Å². The third-order valence-electron chi connectivity index (χ3n) is 4.44. The van der Waals surface area contributed by atoms with Gasteiger partial charge in [-0.2, -0.15) is 0 Å². The zero-order valence-electron chi connectivity index (χ0n) is 12.5. The highest BCUT2D eigenvalue weighted by Gasteiger charge is 2.48. The molecule has 114 valence electrons. The second kappa shape index (κ2) is 5.69. The number of nitrogens with zero attached hydrogens (tertiary/aromatic N) is 2. The number of likely N-dealkylation sites (tertiary alicyclic amines) is 2. The molecule has 2 aliphatic rings. The minimum Gasteiger partial charge on any atom is -0.386 e. The van der Waals surface area contributed by atoms with Gasteiger partial charge in [-0.1, -0.05) is 13.8 Å². The van der Waals surface area contributed by atoms with Gasteiger partial charge in [0.25, 0.3) is 0 Å². The van der Waals surface area contributed by atoms with Crippen molar-refractivity contribution in [3.05, 3.63) is 0 Å². The van der Waals surface area contributed by atoms with Crippen molar-refractivity contribution in [2.75, 3.05) is 39.9 Å². The SMILES string of the molecule is COCCN1CC(C(=O)N2CC(O)(C(C)C)C2)CC1=O. The monoisotopic (exact) mass is 284 g/mol. The van der Waals surface area contributed by atoms with Crippen molar-refractivity contribution >= 4 is 11.8 Å². The zero-order valence-corrected chi connectivity index (χ0v) is 12.5. The van der Waals surface area contributed by atoms with Crippen molar-refractivity contribution in [2.45, 2.75) is 25.9 Å². The Hall–Kier alpha value is -1.14. The van der Waals surface area contributed by atoms with Crippen LogP contribution in [0.1, 0.15) is 20.3 Å². The molecule has 6 heteroatoms. The van der Waals surface area contributed by atoms with Crippen molar-refractivity contribution in [3.8, 4) is 0 Å². The maximum absolute atomic E-state index is 12.3. The van der Waals surface area contributed by atoms with Gasteiger partial charge in [0.15, 0.2) is 0 Å². The van der Waals surface area contributed by atoms with Crippen molar-refractivity contribution in [1.29, 1.82) is 0 Å². The first kappa shape index (κ1) is 15.3. The van der Waals surface area contributed by atoms with Crippen LogP contribution in [0, 0.1) is 11.8 Å². The van der Waals surface area contributed by atoms with E-state index < -0.39 is 5.60 Å². The molecular formula is C14H24N2O4. The summed E-state index contributed by atoms with van der Waals surface area (Å²) in [6, 6.07) is 0. The molecule has 0 radical (unpaired) electrons. The van der Waals surface area contributed by atoms with Crippen LogP contribution in [-0.4, -0.2) is 72.2 Å². The summed E-state index contributed by atoms with van der Waals surface area (Å²) < 4.78 is 4.96. The molecule has 0 saturated carbocycles. The fraction of sp³-hybridized carbons (Fsp3) is 0.857. The summed E-state index contributed by atoms with van der Waals surface area (Å²) in [5, 5.41) is 10.2. The maximum atomic E-state index is 12.3. The highest BCUT2D eigenvalue weighted by atomic mass is 16.5. The zero-order chi connectivity index (χ0) is 14.9. The van der Waals surface area contributed by atoms with Crippen LogP contribution in [0.3, 0.4) is 0 Å². The van der Waals surface area contributed by atoms with Gasteiger partial charge in [-0.25, -0.2) is 0 Å². The first-order valence-corrected chi connectivity index (χ1v) is 7.15. The third-order valence-corrected chi connectivity index (χ3v) is 4.44. The van der Waals surface area contributed by atoms with Crippen LogP contribution in [0.2, 0.25) is 0 Å². The molecule has 2 fully saturated rings. The van der Waals surface area contributed by atoms with Gasteiger partial charge in [-0.05, 0) is 5.92 Å². The number of β-amino-alcohol motifs (C(OH)–C–C–N with tert-alkyl or cyclic N) is 1. The number of rotatable bonds is 5. The Bertz CT molecular complexity index is 391. The van der Waals surface area contributed by atoms with Crippen LogP contribution in [0.15, 0.2) is 0 Å². The van der Waals surface area contributed by atoms with Crippen molar-refractivity contribution < 1.29 is 19.4 Å². The molecule has 2 rings (SSSR count). The smallest absolute Gasteiger partial charge is 0.228 e. The lowest BCUT2D eigenvalue weighted by atomic mass is 9.82. The average Bonchev–Trinajstić information content (AvgIpc) is 2.73. The van der Waals surface area contributed by atoms with Gasteiger partial charge in [-0.15, -0.1) is 0 Å². The summed E-state index contributed by atoms with van der Waals surface area (Å²) in [5.74, 6) is -0.130. The molecule has 1 unspecified atom stereocenters. The number of amides is 2. The van der Waals surface area contributed by atoms with E-state index in [9.17, 15) is 14.7 Å². The molecule has 2 saturated heterocycles. The Labute approximate surface area is 119 Å². The summed E-state index contributed by atoms with van der Waals surface area (Å²) in [6.45, 7) is 6.16. The summed E-state index contributed by atoms with van der Waals surface area (Å²) in [7, 11) is 1.59. The van der Waals surface area contributed by atoms with E-state index in [0.717, 1.165) is 0 Å². The molecule has 1 N–H and O–H groups in total. The van der Waals surface area contributed by atoms with Crippen molar-refractivity contribution in [2.24, 2.45) is 11.8 Å². The van der Waals surface area contributed by atoms with Gasteiger partial charge in [0.2, 0.25) is 11.8 Å². The fourth-order valence-electron chi connectivity index (χ4n) is 2.75. The first-order chi connectivity index (χ1) is 9.37. The Morgan fingerprint density at radius 2 is 2.15 bits per heavy atom. The lowest BCUT2D eigenvalue weighted by Crippen LogP contribution is -2.66. The molecular weight excluding hydrogens is 260 g/mol. The van der Waals surface area contributed by atoms with Gasteiger partial charge in [0.05, 0.1) is 25.6 Å². The third kappa shape index (κ3) is 2.81. The van der Waals surface area contributed by atoms with Crippen LogP contribution >= 0.6 is 0 Å². The number of hydrogen-bond acceptors (Lipinski definition) is 4. The van der Waals surface area contributed by atoms with E-state index in [0.29, 0.717) is 32.8 Å². The second-order valence-electron chi connectivity index (χ2n) is 6.19. The molecule has 0 spiro atoms. The van der Waals surface area contributed by atoms with Gasteiger partial charge >= 0.3 is 0 Å². The quantitative estimate of drug-likeness (QED) is 0.753. The molecule has 1 atom stereocenters. The highest BCUT2D eigenvalue weighted by Crippen LogP contribution is 2.31. The van der Waals surface area contributed by atoms with E-state index in [1.807, 2.05) is 13.8 Å². The number of aliphatic hydroxyl groups is 1. The molecule has 2 amide bonds. The Balaban J connectivity index is 1.85. The predicted molar refractivity (Wildman–Crippen MR) is 72.9 cm³/mol. The lowest BCUT2D eigenvalue weighted by Gasteiger charge is -2.49. The van der Waals surface area contributed by atoms with Crippen LogP contribution < -0.4 is 0 Å². The van der Waals surface area contributed by atoms with Gasteiger partial charge in [-0.3, -0.25) is 9.59 Å². The van der Waals surface area contributed by atoms with Crippen LogP contribution in [0.5, 0.6) is 0 Å². The molecule has 0 aromatic carbocycles. The molecule has 0 aliphatic carbocycles. The molecule has 2 heterocycles. The summed E-state index contributed by atoms with van der Waals surface area (Å²) >= 11 is 0. The molecule has 6 nitrogen and oxygen atoms in total. The lowest BCUT2D eigenvalue weighted by molar-refractivity contribution is -0.167. The summed E-state index contributed by atoms with van der Waals surface area (Å²) in [6.07, 6.45) is 0.277. The topological polar surface area (TPSA) is 70.1 Å². The Kier molecular flexibility index (Phi) is 4.34. The number of ether oxygens (including phenoxy) is 1. The Morgan fingerprint density at radius 1 is 1.50 bits per heavy atom. The normalized spacial score (nSPS) is 25.2. The van der Waals surface area contributed by atoms with Crippen LogP contribution in [0.25, 0.3) is 0 Å². The second-order valence-corrected chi connectivity index (χ2v) is 6.19. The molecule has 0 aromatic rings. The van der Waals surface area contributed by atoms with E-state index in [1.54, 1.807) is 16.9 Å². The predicted octanol–water partition coefficient (Wildman–Crippen LogP) is -0.289. The van der Waals surface area contributed by atoms with Gasteiger partial charge < -0.3 is 19.6 Å². The van der Waals surface area contributed by atoms with Gasteiger partial charge in [0, 0.05) is 26.6 Å². The van der Waals surface area contributed by atoms with Crippen molar-refractivity contribution in [3.63, 3.8) is 0 Å². The standard InChI is InChI=1S/C14H24N2O4/c1-10(2)14(19)8-16(9-14)13(18)11-6-12(17)15(7-11)4-5-20-3/h10-11,19H,4-9H2,1-3H3. The molecule has 0 bridgehead atoms. The molecule has 2 aliphatic heterocycles. The average molecular weight is 284 g/mol. The number of hydrogen-bond donors (Lipinski definition) is 1. The van der Waals surface area contributed by atoms with Crippen molar-refractivity contribution in [1.82, 2.24) is 9.80 Å². The van der Waals surface area contributed by atoms with E-state index in [4.69, 9.17) is 4.74 Å². The fourth-order valence-corrected chi connectivity index (χ4v) is 2.75. The number of carbonyl (C=O) groups is 2. The highest BCUT2D eigenvalue weighted by molar-refractivity contribution is 5.89. The minimum atomic E-state index is -0.756. The van der Waals surface area contributed by atoms with Gasteiger partial charge in [0.1, 0.15) is 5.60 Å². The Morgan fingerprint density at radius 3 is 2.70 bits per heavy atom. The molecule has 0 aromatic heterocycles. The number of methoxy groups -OCH3 is 1. The van der Waals surface area contributed by atoms with E-state index >= 15 is 0 Å². The summed E-state index contributed by atoms with van der Waals surface area (Å²) in [4.78, 5) is 27.5. The first-order valence-electron chi connectivity index (χ1n) is 7.15. The van der Waals surface area contributed by atoms with Crippen LogP contribution in [-0.2, 0) is 14.3 Å². The summed E-state index contributed by atoms with van der Waals surface area (Å²) in [5.41, 5.74) is -0.756. The minimum absolute atomic E-state index is 0.0106. The number of carbonyl (C=O) groups excluding carboxylic acids is 2. The van der Waals surface area contributed by atoms with Crippen LogP contribution in [0.4, 0.5) is 0 Å².